The molecule has 0 unspecified atom stereocenters. The van der Waals surface area contributed by atoms with Gasteiger partial charge in [-0.15, -0.1) is 0 Å². The second-order valence-electron chi connectivity index (χ2n) is 2.99. The summed E-state index contributed by atoms with van der Waals surface area (Å²) in [5, 5.41) is 7.47. The Kier molecular flexibility index (Phi) is 2.11. The summed E-state index contributed by atoms with van der Waals surface area (Å²) in [4.78, 5) is 0.298. The van der Waals surface area contributed by atoms with Gasteiger partial charge in [-0.1, -0.05) is 0 Å². The number of fused-ring (bicyclic) bond motifs is 1. The number of aromatic amines is 1. The third-order valence-electron chi connectivity index (χ3n) is 1.91. The molecular formula is C8H7BrN2O2S. The van der Waals surface area contributed by atoms with Crippen LogP contribution in [0.15, 0.2) is 27.7 Å². The first-order valence-electron chi connectivity index (χ1n) is 3.82. The topological polar surface area (TPSA) is 62.8 Å². The van der Waals surface area contributed by atoms with Gasteiger partial charge >= 0.3 is 0 Å². The van der Waals surface area contributed by atoms with E-state index < -0.39 is 9.84 Å². The molecule has 1 aromatic carbocycles. The highest BCUT2D eigenvalue weighted by molar-refractivity contribution is 9.10. The SMILES string of the molecule is CS(=O)(=O)c1ccc2n[nH]c(Br)c2c1. The van der Waals surface area contributed by atoms with E-state index in [9.17, 15) is 8.42 Å². The Bertz CT molecular complexity index is 588. The van der Waals surface area contributed by atoms with Crippen LogP contribution in [0.5, 0.6) is 0 Å². The molecule has 0 aliphatic carbocycles. The van der Waals surface area contributed by atoms with Crippen LogP contribution >= 0.6 is 15.9 Å². The summed E-state index contributed by atoms with van der Waals surface area (Å²) in [5.74, 6) is 0. The van der Waals surface area contributed by atoms with E-state index in [4.69, 9.17) is 0 Å². The third-order valence-corrected chi connectivity index (χ3v) is 3.62. The monoisotopic (exact) mass is 274 g/mol. The summed E-state index contributed by atoms with van der Waals surface area (Å²) in [5.41, 5.74) is 0.740. The second-order valence-corrected chi connectivity index (χ2v) is 5.80. The van der Waals surface area contributed by atoms with Gasteiger partial charge in [0.25, 0.3) is 0 Å². The molecule has 0 amide bonds. The van der Waals surface area contributed by atoms with Crippen LogP contribution in [0.3, 0.4) is 0 Å². The van der Waals surface area contributed by atoms with Crippen molar-refractivity contribution in [3.63, 3.8) is 0 Å². The Balaban J connectivity index is 2.79. The van der Waals surface area contributed by atoms with Gasteiger partial charge in [0.1, 0.15) is 4.60 Å². The lowest BCUT2D eigenvalue weighted by molar-refractivity contribution is 0.602. The van der Waals surface area contributed by atoms with Gasteiger partial charge in [0.15, 0.2) is 9.84 Å². The van der Waals surface area contributed by atoms with Crippen molar-refractivity contribution in [2.75, 3.05) is 6.26 Å². The molecule has 0 fully saturated rings. The molecule has 4 nitrogen and oxygen atoms in total. The Morgan fingerprint density at radius 1 is 1.43 bits per heavy atom. The summed E-state index contributed by atoms with van der Waals surface area (Å²) in [7, 11) is -3.15. The zero-order valence-electron chi connectivity index (χ0n) is 7.28. The van der Waals surface area contributed by atoms with Gasteiger partial charge in [-0.2, -0.15) is 5.10 Å². The number of hydrogen-bond acceptors (Lipinski definition) is 3. The third kappa shape index (κ3) is 1.55. The number of sulfone groups is 1. The van der Waals surface area contributed by atoms with Crippen molar-refractivity contribution in [2.45, 2.75) is 4.90 Å². The van der Waals surface area contributed by atoms with E-state index in [1.54, 1.807) is 18.2 Å². The molecule has 0 atom stereocenters. The van der Waals surface area contributed by atoms with Crippen LogP contribution in [0.2, 0.25) is 0 Å². The molecule has 1 heterocycles. The number of rotatable bonds is 1. The van der Waals surface area contributed by atoms with Crippen LogP contribution in [0.25, 0.3) is 10.9 Å². The average molecular weight is 275 g/mol. The number of benzene rings is 1. The number of halogens is 1. The van der Waals surface area contributed by atoms with Gasteiger partial charge < -0.3 is 0 Å². The van der Waals surface area contributed by atoms with E-state index in [-0.39, 0.29) is 0 Å². The standard InChI is InChI=1S/C8H7BrN2O2S/c1-14(12,13)5-2-3-7-6(4-5)8(9)11-10-7/h2-4H,1H3,(H,10,11). The van der Waals surface area contributed by atoms with Crippen molar-refractivity contribution >= 4 is 36.7 Å². The normalized spacial score (nSPS) is 12.1. The molecule has 0 aliphatic heterocycles. The lowest BCUT2D eigenvalue weighted by atomic mass is 10.3. The first-order chi connectivity index (χ1) is 6.48. The van der Waals surface area contributed by atoms with Crippen molar-refractivity contribution in [3.8, 4) is 0 Å². The number of nitrogens with zero attached hydrogens (tertiary/aromatic N) is 1. The molecule has 0 saturated heterocycles. The van der Waals surface area contributed by atoms with Gasteiger partial charge in [0.05, 0.1) is 10.4 Å². The summed E-state index contributed by atoms with van der Waals surface area (Å²) < 4.78 is 23.2. The lowest BCUT2D eigenvalue weighted by Crippen LogP contribution is -1.95. The number of H-pyrrole nitrogens is 1. The number of aromatic nitrogens is 2. The fourth-order valence-corrected chi connectivity index (χ4v) is 2.24. The van der Waals surface area contributed by atoms with Crippen LogP contribution < -0.4 is 0 Å². The predicted molar refractivity (Wildman–Crippen MR) is 56.9 cm³/mol. The zero-order chi connectivity index (χ0) is 10.3. The molecule has 2 rings (SSSR count). The van der Waals surface area contributed by atoms with Crippen molar-refractivity contribution in [1.82, 2.24) is 10.2 Å². The van der Waals surface area contributed by atoms with E-state index in [0.29, 0.717) is 9.50 Å². The van der Waals surface area contributed by atoms with Gasteiger partial charge in [-0.05, 0) is 34.1 Å². The molecule has 1 N–H and O–H groups in total. The van der Waals surface area contributed by atoms with Gasteiger partial charge in [-0.25, -0.2) is 8.42 Å². The molecule has 2 aromatic rings. The fraction of sp³-hybridized carbons (Fsp3) is 0.125. The highest BCUT2D eigenvalue weighted by atomic mass is 79.9. The molecule has 6 heteroatoms. The molecular weight excluding hydrogens is 268 g/mol. The smallest absolute Gasteiger partial charge is 0.175 e. The van der Waals surface area contributed by atoms with Crippen LogP contribution in [-0.2, 0) is 9.84 Å². The molecule has 14 heavy (non-hydrogen) atoms. The minimum atomic E-state index is -3.15. The Morgan fingerprint density at radius 3 is 2.79 bits per heavy atom. The van der Waals surface area contributed by atoms with Crippen LogP contribution in [0.1, 0.15) is 0 Å². The highest BCUT2D eigenvalue weighted by Gasteiger charge is 2.10. The Hall–Kier alpha value is -0.880. The minimum absolute atomic E-state index is 0.298. The van der Waals surface area contributed by atoms with Crippen LogP contribution in [0.4, 0.5) is 0 Å². The molecule has 0 aliphatic rings. The quantitative estimate of drug-likeness (QED) is 0.862. The Labute approximate surface area is 89.4 Å². The Morgan fingerprint density at radius 2 is 2.14 bits per heavy atom. The average Bonchev–Trinajstić information content (AvgIpc) is 2.46. The van der Waals surface area contributed by atoms with Crippen molar-refractivity contribution in [3.05, 3.63) is 22.8 Å². The van der Waals surface area contributed by atoms with Crippen LogP contribution in [0, 0.1) is 0 Å². The molecule has 1 aromatic heterocycles. The predicted octanol–water partition coefficient (Wildman–Crippen LogP) is 1.73. The van der Waals surface area contributed by atoms with E-state index in [2.05, 4.69) is 26.1 Å². The summed E-state index contributed by atoms with van der Waals surface area (Å²) >= 11 is 3.25. The fourth-order valence-electron chi connectivity index (χ4n) is 1.19. The van der Waals surface area contributed by atoms with Crippen LogP contribution in [-0.4, -0.2) is 24.9 Å². The highest BCUT2D eigenvalue weighted by Crippen LogP contribution is 2.23. The molecule has 74 valence electrons. The first-order valence-corrected chi connectivity index (χ1v) is 6.50. The first kappa shape index (κ1) is 9.67. The van der Waals surface area contributed by atoms with Crippen molar-refractivity contribution in [1.29, 1.82) is 0 Å². The van der Waals surface area contributed by atoms with E-state index in [1.165, 1.54) is 6.26 Å². The largest absolute Gasteiger partial charge is 0.270 e. The molecule has 0 radical (unpaired) electrons. The van der Waals surface area contributed by atoms with E-state index >= 15 is 0 Å². The summed E-state index contributed by atoms with van der Waals surface area (Å²) in [6, 6.07) is 4.82. The summed E-state index contributed by atoms with van der Waals surface area (Å²) in [6.45, 7) is 0. The van der Waals surface area contributed by atoms with E-state index in [1.807, 2.05) is 0 Å². The van der Waals surface area contributed by atoms with Gasteiger partial charge in [-0.3, -0.25) is 5.10 Å². The molecule has 0 spiro atoms. The van der Waals surface area contributed by atoms with Crippen molar-refractivity contribution in [2.24, 2.45) is 0 Å². The lowest BCUT2D eigenvalue weighted by Gasteiger charge is -1.96. The number of hydrogen-bond donors (Lipinski definition) is 1. The van der Waals surface area contributed by atoms with Gasteiger partial charge in [0, 0.05) is 11.6 Å². The van der Waals surface area contributed by atoms with Gasteiger partial charge in [0.2, 0.25) is 0 Å². The second kappa shape index (κ2) is 3.06. The number of nitrogens with one attached hydrogen (secondary N) is 1. The maximum atomic E-state index is 11.3. The van der Waals surface area contributed by atoms with Crippen molar-refractivity contribution < 1.29 is 8.42 Å². The zero-order valence-corrected chi connectivity index (χ0v) is 9.68. The molecule has 0 bridgehead atoms. The maximum absolute atomic E-state index is 11.3. The van der Waals surface area contributed by atoms with E-state index in [0.717, 1.165) is 10.9 Å². The summed E-state index contributed by atoms with van der Waals surface area (Å²) in [6.07, 6.45) is 1.18. The molecule has 0 saturated carbocycles. The maximum Gasteiger partial charge on any atom is 0.175 e. The minimum Gasteiger partial charge on any atom is -0.270 e.